The topological polar surface area (TPSA) is 66.6 Å². The van der Waals surface area contributed by atoms with E-state index < -0.39 is 0 Å². The van der Waals surface area contributed by atoms with Gasteiger partial charge in [-0.15, -0.1) is 10.2 Å². The Labute approximate surface area is 129 Å². The molecule has 0 unspecified atom stereocenters. The lowest BCUT2D eigenvalue weighted by Crippen LogP contribution is -2.50. The maximum Gasteiger partial charge on any atom is 0.276 e. The normalized spacial score (nSPS) is 11.3. The van der Waals surface area contributed by atoms with Gasteiger partial charge in [0.2, 0.25) is 5.89 Å². The average molecular weight is 304 g/mol. The van der Waals surface area contributed by atoms with E-state index in [1.54, 1.807) is 11.8 Å². The molecule has 2 rings (SSSR count). The van der Waals surface area contributed by atoms with Crippen molar-refractivity contribution in [1.29, 1.82) is 0 Å². The zero-order chi connectivity index (χ0) is 14.8. The minimum atomic E-state index is 0.653. The summed E-state index contributed by atoms with van der Waals surface area (Å²) in [4.78, 5) is 0. The van der Waals surface area contributed by atoms with Crippen molar-refractivity contribution < 1.29 is 10.2 Å². The van der Waals surface area contributed by atoms with Crippen molar-refractivity contribution in [2.75, 3.05) is 12.3 Å². The molecule has 3 N–H and O–H groups in total. The molecule has 2 aromatic rings. The maximum absolute atomic E-state index is 5.61. The number of thioether (sulfide) groups is 1. The number of nitrogens with zero attached hydrogens (tertiary/aromatic N) is 2. The van der Waals surface area contributed by atoms with E-state index in [0.717, 1.165) is 31.0 Å². The predicted molar refractivity (Wildman–Crippen MR) is 85.8 cm³/mol. The van der Waals surface area contributed by atoms with Crippen LogP contribution >= 0.6 is 11.8 Å². The van der Waals surface area contributed by atoms with E-state index in [1.165, 1.54) is 18.4 Å². The highest BCUT2D eigenvalue weighted by molar-refractivity contribution is 7.99. The lowest BCUT2D eigenvalue weighted by Gasteiger charge is -1.94. The number of benzene rings is 1. The van der Waals surface area contributed by atoms with E-state index in [1.807, 2.05) is 18.2 Å². The molecule has 0 saturated carbocycles. The quantitative estimate of drug-likeness (QED) is 0.571. The van der Waals surface area contributed by atoms with Gasteiger partial charge in [0.15, 0.2) is 0 Å². The Bertz CT molecular complexity index is 539. The van der Waals surface area contributed by atoms with Gasteiger partial charge in [-0.2, -0.15) is 0 Å². The fourth-order valence-corrected chi connectivity index (χ4v) is 2.48. The van der Waals surface area contributed by atoms with Crippen molar-refractivity contribution in [2.24, 2.45) is 0 Å². The maximum atomic E-state index is 5.61. The zero-order valence-corrected chi connectivity index (χ0v) is 13.0. The van der Waals surface area contributed by atoms with Crippen LogP contribution in [0.5, 0.6) is 0 Å². The van der Waals surface area contributed by atoms with Gasteiger partial charge in [0, 0.05) is 12.2 Å². The number of aromatic nitrogens is 2. The molecule has 1 heterocycles. The summed E-state index contributed by atoms with van der Waals surface area (Å²) < 4.78 is 5.61. The molecule has 1 aromatic carbocycles. The lowest BCUT2D eigenvalue weighted by atomic mass is 10.2. The van der Waals surface area contributed by atoms with Crippen LogP contribution in [-0.2, 0) is 6.42 Å². The van der Waals surface area contributed by atoms with Crippen LogP contribution in [0.3, 0.4) is 0 Å². The number of rotatable bonds is 9. The molecule has 0 aliphatic heterocycles. The second-order valence-electron chi connectivity index (χ2n) is 4.75. The molecule has 0 spiro atoms. The Morgan fingerprint density at radius 3 is 2.76 bits per heavy atom. The Morgan fingerprint density at radius 1 is 1.10 bits per heavy atom. The molecule has 21 heavy (non-hydrogen) atoms. The van der Waals surface area contributed by atoms with Crippen LogP contribution in [0, 0.1) is 0 Å². The van der Waals surface area contributed by atoms with E-state index in [-0.39, 0.29) is 0 Å². The van der Waals surface area contributed by atoms with Gasteiger partial charge in [0.05, 0.1) is 6.54 Å². The third-order valence-electron chi connectivity index (χ3n) is 3.00. The van der Waals surface area contributed by atoms with Crippen LogP contribution in [0.2, 0.25) is 0 Å². The Hall–Kier alpha value is -1.59. The fraction of sp³-hybridized carbons (Fsp3) is 0.375. The highest BCUT2D eigenvalue weighted by Crippen LogP contribution is 2.17. The number of hydrogen-bond donors (Lipinski definition) is 1. The molecular weight excluding hydrogens is 282 g/mol. The highest BCUT2D eigenvalue weighted by Gasteiger charge is 2.05. The van der Waals surface area contributed by atoms with Crippen LogP contribution < -0.4 is 5.73 Å². The van der Waals surface area contributed by atoms with Crippen LogP contribution in [0.1, 0.15) is 30.7 Å². The molecule has 0 saturated heterocycles. The van der Waals surface area contributed by atoms with Crippen molar-refractivity contribution >= 4 is 17.8 Å². The van der Waals surface area contributed by atoms with Gasteiger partial charge in [-0.05, 0) is 24.8 Å². The Kier molecular flexibility index (Phi) is 7.04. The second-order valence-corrected chi connectivity index (χ2v) is 5.72. The molecule has 0 aliphatic carbocycles. The largest absolute Gasteiger partial charge is 0.416 e. The van der Waals surface area contributed by atoms with Gasteiger partial charge in [0.25, 0.3) is 5.22 Å². The number of unbranched alkanes of at least 4 members (excludes halogenated alkanes) is 2. The van der Waals surface area contributed by atoms with Crippen LogP contribution in [0.15, 0.2) is 46.0 Å². The van der Waals surface area contributed by atoms with Gasteiger partial charge in [0.1, 0.15) is 0 Å². The van der Waals surface area contributed by atoms with Gasteiger partial charge < -0.3 is 10.2 Å². The molecule has 0 radical (unpaired) electrons. The molecule has 0 atom stereocenters. The first kappa shape index (κ1) is 15.8. The Morgan fingerprint density at radius 2 is 1.95 bits per heavy atom. The monoisotopic (exact) mass is 304 g/mol. The summed E-state index contributed by atoms with van der Waals surface area (Å²) in [6.45, 7) is 0.999. The molecule has 0 aliphatic rings. The van der Waals surface area contributed by atoms with Crippen molar-refractivity contribution in [3.05, 3.63) is 47.9 Å². The van der Waals surface area contributed by atoms with Crippen LogP contribution in [-0.4, -0.2) is 22.5 Å². The van der Waals surface area contributed by atoms with Gasteiger partial charge in [-0.25, -0.2) is 0 Å². The lowest BCUT2D eigenvalue weighted by molar-refractivity contribution is -0.368. The van der Waals surface area contributed by atoms with Gasteiger partial charge >= 0.3 is 0 Å². The summed E-state index contributed by atoms with van der Waals surface area (Å²) in [5, 5.41) is 8.79. The summed E-state index contributed by atoms with van der Waals surface area (Å²) in [7, 11) is 0. The van der Waals surface area contributed by atoms with E-state index in [2.05, 4.69) is 40.2 Å². The minimum Gasteiger partial charge on any atom is -0.416 e. The average Bonchev–Trinajstić information content (AvgIpc) is 2.97. The van der Waals surface area contributed by atoms with Crippen LogP contribution in [0.4, 0.5) is 0 Å². The zero-order valence-electron chi connectivity index (χ0n) is 12.2. The third kappa shape index (κ3) is 6.14. The third-order valence-corrected chi connectivity index (χ3v) is 3.77. The molecule has 0 amide bonds. The van der Waals surface area contributed by atoms with Gasteiger partial charge in [-0.1, -0.05) is 54.2 Å². The molecule has 0 bridgehead atoms. The summed E-state index contributed by atoms with van der Waals surface area (Å²) in [5.41, 5.74) is 5.04. The molecule has 1 aromatic heterocycles. The number of quaternary nitrogens is 1. The second kappa shape index (κ2) is 9.37. The van der Waals surface area contributed by atoms with Gasteiger partial charge in [-0.3, -0.25) is 0 Å². The number of aryl methyl sites for hydroxylation is 1. The van der Waals surface area contributed by atoms with E-state index in [9.17, 15) is 0 Å². The summed E-state index contributed by atoms with van der Waals surface area (Å²) in [6, 6.07) is 10.2. The SMILES string of the molecule is [NH3+]CCCCCc1nnc(SC/C=C/c2ccccc2)o1. The molecule has 5 heteroatoms. The van der Waals surface area contributed by atoms with Crippen LogP contribution in [0.25, 0.3) is 6.08 Å². The molecular formula is C16H22N3OS+. The molecule has 0 fully saturated rings. The first-order valence-corrected chi connectivity index (χ1v) is 8.33. The standard InChI is InChI=1S/C16H21N3OS/c17-12-6-2-5-11-15-18-19-16(20-15)21-13-7-10-14-8-3-1-4-9-14/h1,3-4,7-10H,2,5-6,11-13,17H2/p+1/b10-7+. The first-order valence-electron chi connectivity index (χ1n) is 7.34. The summed E-state index contributed by atoms with van der Waals surface area (Å²) >= 11 is 1.57. The minimum absolute atomic E-state index is 0.653. The van der Waals surface area contributed by atoms with E-state index in [4.69, 9.17) is 4.42 Å². The molecule has 112 valence electrons. The van der Waals surface area contributed by atoms with E-state index >= 15 is 0 Å². The van der Waals surface area contributed by atoms with E-state index in [0.29, 0.717) is 5.22 Å². The predicted octanol–water partition coefficient (Wildman–Crippen LogP) is 2.83. The van der Waals surface area contributed by atoms with Crippen molar-refractivity contribution in [1.82, 2.24) is 10.2 Å². The Balaban J connectivity index is 1.69. The first-order chi connectivity index (χ1) is 10.4. The molecule has 4 nitrogen and oxygen atoms in total. The summed E-state index contributed by atoms with van der Waals surface area (Å²) in [5.74, 6) is 1.58. The van der Waals surface area contributed by atoms with Crippen molar-refractivity contribution in [2.45, 2.75) is 30.9 Å². The fourth-order valence-electron chi connectivity index (χ4n) is 1.90. The van der Waals surface area contributed by atoms with Crippen molar-refractivity contribution in [3.8, 4) is 0 Å². The van der Waals surface area contributed by atoms with Crippen molar-refractivity contribution in [3.63, 3.8) is 0 Å². The smallest absolute Gasteiger partial charge is 0.276 e. The summed E-state index contributed by atoms with van der Waals surface area (Å²) in [6.07, 6.45) is 8.51. The highest BCUT2D eigenvalue weighted by atomic mass is 32.2. The number of hydrogen-bond acceptors (Lipinski definition) is 4.